The molecule has 5 rings (SSSR count). The molecule has 5 nitrogen and oxygen atoms in total. The molecule has 0 saturated heterocycles. The Balaban J connectivity index is 1.57. The van der Waals surface area contributed by atoms with Crippen LogP contribution in [0.4, 0.5) is 0 Å². The van der Waals surface area contributed by atoms with Crippen LogP contribution in [0.3, 0.4) is 0 Å². The SMILES string of the molecule is COc1ccc(-c2nc3sc(C)cn3c2/C=C/C(=O)c2c[nH]c3ccccc23)cc1. The van der Waals surface area contributed by atoms with E-state index in [9.17, 15) is 4.79 Å². The number of H-pyrrole nitrogens is 1. The average Bonchev–Trinajstić information content (AvgIpc) is 3.44. The van der Waals surface area contributed by atoms with Crippen LogP contribution in [0.2, 0.25) is 0 Å². The summed E-state index contributed by atoms with van der Waals surface area (Å²) in [5, 5.41) is 0.923. The maximum absolute atomic E-state index is 12.9. The predicted octanol–water partition coefficient (Wildman–Crippen LogP) is 5.76. The van der Waals surface area contributed by atoms with Crippen LogP contribution in [0.25, 0.3) is 33.2 Å². The number of aromatic amines is 1. The number of para-hydroxylation sites is 1. The standard InChI is InChI=1S/C24H19N3O2S/c1-15-14-27-21(11-12-22(28)19-13-25-20-6-4-3-5-18(19)20)23(26-24(27)30-15)16-7-9-17(29-2)10-8-16/h3-14,25H,1-2H3/b12-11+. The molecule has 30 heavy (non-hydrogen) atoms. The number of imidazole rings is 1. The molecule has 0 bridgehead atoms. The number of nitrogens with zero attached hydrogens (tertiary/aromatic N) is 2. The number of benzene rings is 2. The quantitative estimate of drug-likeness (QED) is 0.294. The molecule has 0 amide bonds. The zero-order valence-corrected chi connectivity index (χ0v) is 17.4. The molecule has 5 aromatic rings. The third-order valence-electron chi connectivity index (χ3n) is 5.09. The number of hydrogen-bond donors (Lipinski definition) is 1. The molecule has 0 unspecified atom stereocenters. The molecule has 0 spiro atoms. The Hall–Kier alpha value is -3.64. The highest BCUT2D eigenvalue weighted by molar-refractivity contribution is 7.17. The van der Waals surface area contributed by atoms with Crippen molar-refractivity contribution in [2.24, 2.45) is 0 Å². The van der Waals surface area contributed by atoms with Crippen molar-refractivity contribution in [3.8, 4) is 17.0 Å². The Morgan fingerprint density at radius 2 is 1.97 bits per heavy atom. The Bertz CT molecular complexity index is 1400. The van der Waals surface area contributed by atoms with E-state index >= 15 is 0 Å². The number of rotatable bonds is 5. The summed E-state index contributed by atoms with van der Waals surface area (Å²) in [6.45, 7) is 2.05. The van der Waals surface area contributed by atoms with Gasteiger partial charge in [-0.3, -0.25) is 9.20 Å². The van der Waals surface area contributed by atoms with Crippen molar-refractivity contribution in [3.05, 3.63) is 83.1 Å². The first-order valence-corrected chi connectivity index (χ1v) is 10.4. The molecular formula is C24H19N3O2S. The van der Waals surface area contributed by atoms with Crippen LogP contribution >= 0.6 is 11.3 Å². The van der Waals surface area contributed by atoms with Gasteiger partial charge in [0.25, 0.3) is 0 Å². The number of fused-ring (bicyclic) bond motifs is 2. The molecule has 6 heteroatoms. The van der Waals surface area contributed by atoms with Crippen molar-refractivity contribution >= 4 is 39.1 Å². The van der Waals surface area contributed by atoms with E-state index in [0.717, 1.165) is 43.4 Å². The Morgan fingerprint density at radius 3 is 2.77 bits per heavy atom. The molecule has 2 aromatic carbocycles. The van der Waals surface area contributed by atoms with E-state index in [0.29, 0.717) is 5.56 Å². The van der Waals surface area contributed by atoms with Gasteiger partial charge in [0, 0.05) is 39.3 Å². The smallest absolute Gasteiger partial charge is 0.194 e. The number of carbonyl (C=O) groups excluding carboxylic acids is 1. The van der Waals surface area contributed by atoms with Gasteiger partial charge in [-0.2, -0.15) is 0 Å². The van der Waals surface area contributed by atoms with Crippen LogP contribution in [0, 0.1) is 6.92 Å². The van der Waals surface area contributed by atoms with Crippen LogP contribution in [0.5, 0.6) is 5.75 Å². The maximum Gasteiger partial charge on any atom is 0.194 e. The summed E-state index contributed by atoms with van der Waals surface area (Å²) in [6, 6.07) is 15.6. The van der Waals surface area contributed by atoms with Gasteiger partial charge in [0.15, 0.2) is 10.7 Å². The number of carbonyl (C=O) groups is 1. The second-order valence-corrected chi connectivity index (χ2v) is 8.23. The van der Waals surface area contributed by atoms with E-state index < -0.39 is 0 Å². The number of ketones is 1. The fraction of sp³-hybridized carbons (Fsp3) is 0.0833. The lowest BCUT2D eigenvalue weighted by Crippen LogP contribution is -1.93. The van der Waals surface area contributed by atoms with Crippen LogP contribution in [0.15, 0.2) is 67.0 Å². The summed E-state index contributed by atoms with van der Waals surface area (Å²) in [4.78, 5) is 23.0. The zero-order chi connectivity index (χ0) is 20.7. The maximum atomic E-state index is 12.9. The van der Waals surface area contributed by atoms with Crippen molar-refractivity contribution in [2.75, 3.05) is 7.11 Å². The lowest BCUT2D eigenvalue weighted by atomic mass is 10.1. The second kappa shape index (κ2) is 7.31. The van der Waals surface area contributed by atoms with Crippen molar-refractivity contribution in [1.82, 2.24) is 14.4 Å². The summed E-state index contributed by atoms with van der Waals surface area (Å²) in [5.41, 5.74) is 4.31. The summed E-state index contributed by atoms with van der Waals surface area (Å²) in [6.07, 6.45) is 7.30. The third kappa shape index (κ3) is 3.11. The monoisotopic (exact) mass is 413 g/mol. The van der Waals surface area contributed by atoms with Gasteiger partial charge in [0.05, 0.1) is 18.5 Å². The van der Waals surface area contributed by atoms with E-state index in [2.05, 4.69) is 18.1 Å². The number of thiazole rings is 1. The average molecular weight is 414 g/mol. The summed E-state index contributed by atoms with van der Waals surface area (Å²) < 4.78 is 7.31. The van der Waals surface area contributed by atoms with Gasteiger partial charge in [0.1, 0.15) is 5.75 Å². The minimum atomic E-state index is -0.0463. The van der Waals surface area contributed by atoms with Crippen molar-refractivity contribution < 1.29 is 9.53 Å². The van der Waals surface area contributed by atoms with Crippen LogP contribution in [-0.2, 0) is 0 Å². The minimum absolute atomic E-state index is 0.0463. The highest BCUT2D eigenvalue weighted by Gasteiger charge is 2.15. The zero-order valence-electron chi connectivity index (χ0n) is 16.5. The number of ether oxygens (including phenoxy) is 1. The molecule has 1 N–H and O–H groups in total. The van der Waals surface area contributed by atoms with Gasteiger partial charge in [0.2, 0.25) is 0 Å². The topological polar surface area (TPSA) is 59.4 Å². The summed E-state index contributed by atoms with van der Waals surface area (Å²) >= 11 is 1.63. The van der Waals surface area contributed by atoms with E-state index in [1.165, 1.54) is 0 Å². The van der Waals surface area contributed by atoms with Gasteiger partial charge < -0.3 is 9.72 Å². The van der Waals surface area contributed by atoms with Gasteiger partial charge in [-0.15, -0.1) is 11.3 Å². The molecule has 0 radical (unpaired) electrons. The van der Waals surface area contributed by atoms with Crippen LogP contribution in [0.1, 0.15) is 20.9 Å². The molecule has 0 atom stereocenters. The Kier molecular flexibility index (Phi) is 4.48. The third-order valence-corrected chi connectivity index (χ3v) is 5.99. The lowest BCUT2D eigenvalue weighted by molar-refractivity contribution is 0.104. The Morgan fingerprint density at radius 1 is 1.17 bits per heavy atom. The Labute approximate surface area is 177 Å². The fourth-order valence-electron chi connectivity index (χ4n) is 3.61. The van der Waals surface area contributed by atoms with Gasteiger partial charge in [-0.05, 0) is 49.4 Å². The molecule has 3 aromatic heterocycles. The van der Waals surface area contributed by atoms with E-state index in [4.69, 9.17) is 9.72 Å². The number of allylic oxidation sites excluding steroid dienone is 1. The first-order valence-electron chi connectivity index (χ1n) is 9.55. The van der Waals surface area contributed by atoms with Crippen LogP contribution < -0.4 is 4.74 Å². The van der Waals surface area contributed by atoms with Crippen molar-refractivity contribution in [1.29, 1.82) is 0 Å². The molecule has 0 aliphatic heterocycles. The number of aryl methyl sites for hydroxylation is 1. The first-order chi connectivity index (χ1) is 14.6. The first kappa shape index (κ1) is 18.4. The molecule has 0 aliphatic rings. The van der Waals surface area contributed by atoms with Gasteiger partial charge >= 0.3 is 0 Å². The largest absolute Gasteiger partial charge is 0.497 e. The second-order valence-electron chi connectivity index (χ2n) is 7.01. The number of nitrogens with one attached hydrogen (secondary N) is 1. The highest BCUT2D eigenvalue weighted by Crippen LogP contribution is 2.30. The van der Waals surface area contributed by atoms with Gasteiger partial charge in [-0.1, -0.05) is 18.2 Å². The fourth-order valence-corrected chi connectivity index (χ4v) is 4.45. The normalized spacial score (nSPS) is 11.7. The highest BCUT2D eigenvalue weighted by atomic mass is 32.1. The number of hydrogen-bond acceptors (Lipinski definition) is 4. The van der Waals surface area contributed by atoms with Crippen LogP contribution in [-0.4, -0.2) is 27.3 Å². The summed E-state index contributed by atoms with van der Waals surface area (Å²) in [5.74, 6) is 0.747. The molecule has 148 valence electrons. The lowest BCUT2D eigenvalue weighted by Gasteiger charge is -2.03. The molecule has 3 heterocycles. The molecule has 0 fully saturated rings. The molecule has 0 saturated carbocycles. The summed E-state index contributed by atoms with van der Waals surface area (Å²) in [7, 11) is 1.65. The number of aromatic nitrogens is 3. The minimum Gasteiger partial charge on any atom is -0.497 e. The number of methoxy groups -OCH3 is 1. The van der Waals surface area contributed by atoms with E-state index in [1.807, 2.05) is 59.0 Å². The van der Waals surface area contributed by atoms with E-state index in [1.54, 1.807) is 30.7 Å². The predicted molar refractivity (Wildman–Crippen MR) is 121 cm³/mol. The van der Waals surface area contributed by atoms with E-state index in [-0.39, 0.29) is 5.78 Å². The molecule has 0 aliphatic carbocycles. The molecular weight excluding hydrogens is 394 g/mol. The van der Waals surface area contributed by atoms with Crippen molar-refractivity contribution in [2.45, 2.75) is 6.92 Å². The van der Waals surface area contributed by atoms with Gasteiger partial charge in [-0.25, -0.2) is 4.98 Å². The van der Waals surface area contributed by atoms with Crippen molar-refractivity contribution in [3.63, 3.8) is 0 Å².